The van der Waals surface area contributed by atoms with Crippen LogP contribution in [0.25, 0.3) is 5.57 Å². The number of hydrogen-bond donors (Lipinski definition) is 0. The lowest BCUT2D eigenvalue weighted by Gasteiger charge is -2.19. The van der Waals surface area contributed by atoms with Crippen LogP contribution in [0, 0.1) is 11.3 Å². The normalized spacial score (nSPS) is 16.4. The van der Waals surface area contributed by atoms with Gasteiger partial charge >= 0.3 is 5.97 Å². The van der Waals surface area contributed by atoms with Gasteiger partial charge in [0.15, 0.2) is 0 Å². The molecule has 0 bridgehead atoms. The van der Waals surface area contributed by atoms with Gasteiger partial charge in [-0.25, -0.2) is 4.79 Å². The molecule has 1 aromatic rings. The number of allylic oxidation sites excluding steroid dienone is 1. The molecule has 0 amide bonds. The van der Waals surface area contributed by atoms with Crippen molar-refractivity contribution in [2.24, 2.45) is 0 Å². The van der Waals surface area contributed by atoms with Crippen LogP contribution in [0.1, 0.15) is 30.9 Å². The molecule has 0 N–H and O–H groups in total. The predicted molar refractivity (Wildman–Crippen MR) is 68.5 cm³/mol. The monoisotopic (exact) mass is 241 g/mol. The molecule has 0 heterocycles. The Morgan fingerprint density at radius 1 is 1.39 bits per heavy atom. The van der Waals surface area contributed by atoms with E-state index in [2.05, 4.69) is 6.07 Å². The van der Waals surface area contributed by atoms with E-state index in [0.29, 0.717) is 6.61 Å². The molecule has 92 valence electrons. The number of nitriles is 1. The maximum atomic E-state index is 11.8. The van der Waals surface area contributed by atoms with E-state index in [1.54, 1.807) is 6.92 Å². The Morgan fingerprint density at radius 3 is 2.89 bits per heavy atom. The van der Waals surface area contributed by atoms with Gasteiger partial charge in [0.1, 0.15) is 11.6 Å². The number of carbonyl (C=O) groups excluding carboxylic acids is 1. The van der Waals surface area contributed by atoms with Gasteiger partial charge in [-0.1, -0.05) is 24.3 Å². The summed E-state index contributed by atoms with van der Waals surface area (Å²) in [4.78, 5) is 11.8. The molecule has 3 heteroatoms. The van der Waals surface area contributed by atoms with Crippen LogP contribution < -0.4 is 0 Å². The standard InChI is InChI=1S/C15H15NO2/c1-2-18-15(17)14(10-16)13-9-5-7-11-6-3-4-8-12(11)13/h3-4,6,8H,2,5,7,9H2,1H3/b14-13+. The zero-order chi connectivity index (χ0) is 13.0. The average molecular weight is 241 g/mol. The van der Waals surface area contributed by atoms with E-state index in [4.69, 9.17) is 4.74 Å². The second-order valence-corrected chi connectivity index (χ2v) is 4.20. The minimum absolute atomic E-state index is 0.156. The Labute approximate surface area is 107 Å². The van der Waals surface area contributed by atoms with Crippen molar-refractivity contribution >= 4 is 11.5 Å². The lowest BCUT2D eigenvalue weighted by atomic mass is 9.85. The smallest absolute Gasteiger partial charge is 0.349 e. The first-order valence-corrected chi connectivity index (χ1v) is 6.16. The van der Waals surface area contributed by atoms with Gasteiger partial charge in [0.05, 0.1) is 6.61 Å². The molecule has 0 unspecified atom stereocenters. The first-order valence-electron chi connectivity index (χ1n) is 6.16. The van der Waals surface area contributed by atoms with Crippen LogP contribution in [-0.4, -0.2) is 12.6 Å². The van der Waals surface area contributed by atoms with Crippen LogP contribution in [0.3, 0.4) is 0 Å². The molecular weight excluding hydrogens is 226 g/mol. The van der Waals surface area contributed by atoms with Gasteiger partial charge in [0.25, 0.3) is 0 Å². The average Bonchev–Trinajstić information content (AvgIpc) is 2.40. The van der Waals surface area contributed by atoms with Gasteiger partial charge < -0.3 is 4.74 Å². The molecule has 0 radical (unpaired) electrons. The van der Waals surface area contributed by atoms with E-state index < -0.39 is 5.97 Å². The van der Waals surface area contributed by atoms with Crippen LogP contribution >= 0.6 is 0 Å². The third kappa shape index (κ3) is 2.28. The van der Waals surface area contributed by atoms with Crippen molar-refractivity contribution in [3.8, 4) is 6.07 Å². The lowest BCUT2D eigenvalue weighted by Crippen LogP contribution is -2.11. The summed E-state index contributed by atoms with van der Waals surface area (Å²) in [5.74, 6) is -0.508. The molecule has 0 spiro atoms. The van der Waals surface area contributed by atoms with Gasteiger partial charge in [-0.15, -0.1) is 0 Å². The van der Waals surface area contributed by atoms with Gasteiger partial charge in [0.2, 0.25) is 0 Å². The Balaban J connectivity index is 2.50. The van der Waals surface area contributed by atoms with E-state index in [9.17, 15) is 10.1 Å². The molecule has 0 saturated heterocycles. The number of fused-ring (bicyclic) bond motifs is 1. The summed E-state index contributed by atoms with van der Waals surface area (Å²) in [5, 5.41) is 9.19. The number of esters is 1. The molecule has 1 aliphatic carbocycles. The Hall–Kier alpha value is -2.08. The van der Waals surface area contributed by atoms with Crippen LogP contribution in [0.5, 0.6) is 0 Å². The Morgan fingerprint density at radius 2 is 2.17 bits per heavy atom. The maximum Gasteiger partial charge on any atom is 0.349 e. The van der Waals surface area contributed by atoms with Crippen molar-refractivity contribution in [1.29, 1.82) is 5.26 Å². The minimum atomic E-state index is -0.508. The minimum Gasteiger partial charge on any atom is -0.462 e. The van der Waals surface area contributed by atoms with Gasteiger partial charge in [-0.05, 0) is 42.9 Å². The Bertz CT molecular complexity index is 538. The molecule has 0 atom stereocenters. The summed E-state index contributed by atoms with van der Waals surface area (Å²) in [5.41, 5.74) is 3.21. The predicted octanol–water partition coefficient (Wildman–Crippen LogP) is 2.86. The molecule has 1 aliphatic rings. The summed E-state index contributed by atoms with van der Waals surface area (Å²) in [7, 11) is 0. The SMILES string of the molecule is CCOC(=O)/C(C#N)=C1\CCCc2ccccc21. The van der Waals surface area contributed by atoms with Crippen LogP contribution in [-0.2, 0) is 16.0 Å². The molecular formula is C15H15NO2. The number of rotatable bonds is 2. The van der Waals surface area contributed by atoms with Gasteiger partial charge in [0, 0.05) is 0 Å². The summed E-state index contributed by atoms with van der Waals surface area (Å²) >= 11 is 0. The number of aryl methyl sites for hydroxylation is 1. The summed E-state index contributed by atoms with van der Waals surface area (Å²) < 4.78 is 4.94. The van der Waals surface area contributed by atoms with E-state index in [0.717, 1.165) is 30.4 Å². The lowest BCUT2D eigenvalue weighted by molar-refractivity contribution is -0.137. The number of carbonyl (C=O) groups is 1. The zero-order valence-electron chi connectivity index (χ0n) is 10.4. The quantitative estimate of drug-likeness (QED) is 0.454. The van der Waals surface area contributed by atoms with E-state index in [1.807, 2.05) is 24.3 Å². The van der Waals surface area contributed by atoms with Crippen molar-refractivity contribution in [1.82, 2.24) is 0 Å². The number of hydrogen-bond acceptors (Lipinski definition) is 3. The summed E-state index contributed by atoms with van der Waals surface area (Å²) in [6.07, 6.45) is 2.73. The molecule has 0 fully saturated rings. The molecule has 2 rings (SSSR count). The van der Waals surface area contributed by atoms with E-state index >= 15 is 0 Å². The van der Waals surface area contributed by atoms with Gasteiger partial charge in [-0.2, -0.15) is 5.26 Å². The van der Waals surface area contributed by atoms with Crippen LogP contribution in [0.2, 0.25) is 0 Å². The summed E-state index contributed by atoms with van der Waals surface area (Å²) in [6, 6.07) is 9.94. The topological polar surface area (TPSA) is 50.1 Å². The maximum absolute atomic E-state index is 11.8. The molecule has 18 heavy (non-hydrogen) atoms. The van der Waals surface area contributed by atoms with Gasteiger partial charge in [-0.3, -0.25) is 0 Å². The highest BCUT2D eigenvalue weighted by atomic mass is 16.5. The molecule has 0 aliphatic heterocycles. The fraction of sp³-hybridized carbons (Fsp3) is 0.333. The zero-order valence-corrected chi connectivity index (χ0v) is 10.4. The van der Waals surface area contributed by atoms with E-state index in [-0.39, 0.29) is 5.57 Å². The molecule has 0 saturated carbocycles. The number of benzene rings is 1. The first kappa shape index (κ1) is 12.4. The van der Waals surface area contributed by atoms with Crippen molar-refractivity contribution in [2.45, 2.75) is 26.2 Å². The fourth-order valence-corrected chi connectivity index (χ4v) is 2.32. The largest absolute Gasteiger partial charge is 0.462 e. The fourth-order valence-electron chi connectivity index (χ4n) is 2.32. The van der Waals surface area contributed by atoms with Crippen LogP contribution in [0.15, 0.2) is 29.8 Å². The third-order valence-corrected chi connectivity index (χ3v) is 3.11. The first-order chi connectivity index (χ1) is 8.77. The summed E-state index contributed by atoms with van der Waals surface area (Å²) in [6.45, 7) is 2.03. The molecule has 1 aromatic carbocycles. The Kier molecular flexibility index (Phi) is 3.78. The molecule has 0 aromatic heterocycles. The van der Waals surface area contributed by atoms with Crippen molar-refractivity contribution < 1.29 is 9.53 Å². The van der Waals surface area contributed by atoms with E-state index in [1.165, 1.54) is 5.56 Å². The highest BCUT2D eigenvalue weighted by molar-refractivity contribution is 6.02. The molecule has 3 nitrogen and oxygen atoms in total. The van der Waals surface area contributed by atoms with Crippen molar-refractivity contribution in [3.63, 3.8) is 0 Å². The third-order valence-electron chi connectivity index (χ3n) is 3.11. The second kappa shape index (κ2) is 5.50. The second-order valence-electron chi connectivity index (χ2n) is 4.20. The van der Waals surface area contributed by atoms with Crippen molar-refractivity contribution in [2.75, 3.05) is 6.61 Å². The number of ether oxygens (including phenoxy) is 1. The van der Waals surface area contributed by atoms with Crippen molar-refractivity contribution in [3.05, 3.63) is 41.0 Å². The highest BCUT2D eigenvalue weighted by Crippen LogP contribution is 2.33. The number of nitrogens with zero attached hydrogens (tertiary/aromatic N) is 1. The highest BCUT2D eigenvalue weighted by Gasteiger charge is 2.22. The van der Waals surface area contributed by atoms with Crippen LogP contribution in [0.4, 0.5) is 0 Å².